The Kier molecular flexibility index (Phi) is 6.36. The van der Waals surface area contributed by atoms with Gasteiger partial charge in [0.25, 0.3) is 0 Å². The molecule has 2 rings (SSSR count). The molecule has 0 aromatic heterocycles. The fraction of sp³-hybridized carbons (Fsp3) is 0.278. The van der Waals surface area contributed by atoms with E-state index in [1.165, 1.54) is 14.2 Å². The maximum Gasteiger partial charge on any atom is 0.321 e. The number of methoxy groups -OCH3 is 3. The van der Waals surface area contributed by atoms with Crippen molar-refractivity contribution < 1.29 is 19.0 Å². The van der Waals surface area contributed by atoms with Gasteiger partial charge in [0, 0.05) is 25.7 Å². The fourth-order valence-corrected chi connectivity index (χ4v) is 2.48. The van der Waals surface area contributed by atoms with Crippen molar-refractivity contribution in [2.24, 2.45) is 0 Å². The molecular weight excluding hydrogens is 344 g/mol. The van der Waals surface area contributed by atoms with E-state index >= 15 is 0 Å². The molecule has 0 heterocycles. The third kappa shape index (κ3) is 4.70. The highest BCUT2D eigenvalue weighted by Crippen LogP contribution is 2.36. The third-order valence-corrected chi connectivity index (χ3v) is 3.94. The summed E-state index contributed by atoms with van der Waals surface area (Å²) < 4.78 is 15.6. The van der Waals surface area contributed by atoms with Crippen molar-refractivity contribution in [2.75, 3.05) is 33.7 Å². The predicted molar refractivity (Wildman–Crippen MR) is 98.0 cm³/mol. The monoisotopic (exact) mass is 364 g/mol. The molecule has 6 nitrogen and oxygen atoms in total. The molecule has 134 valence electrons. The molecule has 0 bridgehead atoms. The van der Waals surface area contributed by atoms with Crippen LogP contribution >= 0.6 is 11.6 Å². The lowest BCUT2D eigenvalue weighted by atomic mass is 10.2. The van der Waals surface area contributed by atoms with Crippen molar-refractivity contribution >= 4 is 23.3 Å². The molecule has 0 unspecified atom stereocenters. The standard InChI is InChI=1S/C18H21ClN2O4/c1-21(11-12-5-7-13(23-2)8-6-12)18(22)20-15-10-16(24-3)14(19)9-17(15)25-4/h5-10H,11H2,1-4H3,(H,20,22). The first-order chi connectivity index (χ1) is 12.0. The lowest BCUT2D eigenvalue weighted by Crippen LogP contribution is -2.31. The van der Waals surface area contributed by atoms with Crippen molar-refractivity contribution in [2.45, 2.75) is 6.54 Å². The van der Waals surface area contributed by atoms with E-state index < -0.39 is 0 Å². The molecule has 2 amide bonds. The van der Waals surface area contributed by atoms with Crippen molar-refractivity contribution in [3.8, 4) is 17.2 Å². The van der Waals surface area contributed by atoms with E-state index in [1.807, 2.05) is 24.3 Å². The summed E-state index contributed by atoms with van der Waals surface area (Å²) in [6.07, 6.45) is 0. The molecule has 0 saturated heterocycles. The van der Waals surface area contributed by atoms with E-state index in [9.17, 15) is 4.79 Å². The van der Waals surface area contributed by atoms with Gasteiger partial charge in [0.15, 0.2) is 0 Å². The van der Waals surface area contributed by atoms with Gasteiger partial charge in [-0.05, 0) is 17.7 Å². The van der Waals surface area contributed by atoms with Crippen LogP contribution in [-0.4, -0.2) is 39.3 Å². The van der Waals surface area contributed by atoms with Crippen LogP contribution < -0.4 is 19.5 Å². The first kappa shape index (κ1) is 18.7. The van der Waals surface area contributed by atoms with E-state index in [4.69, 9.17) is 25.8 Å². The fourth-order valence-electron chi connectivity index (χ4n) is 2.25. The summed E-state index contributed by atoms with van der Waals surface area (Å²) >= 11 is 6.07. The zero-order valence-corrected chi connectivity index (χ0v) is 15.4. The average molecular weight is 365 g/mol. The van der Waals surface area contributed by atoms with Gasteiger partial charge in [-0.2, -0.15) is 0 Å². The van der Waals surface area contributed by atoms with Crippen molar-refractivity contribution in [3.63, 3.8) is 0 Å². The van der Waals surface area contributed by atoms with Gasteiger partial charge in [-0.25, -0.2) is 4.79 Å². The van der Waals surface area contributed by atoms with Gasteiger partial charge in [0.05, 0.1) is 32.0 Å². The molecule has 0 aliphatic rings. The first-order valence-electron chi connectivity index (χ1n) is 7.55. The van der Waals surface area contributed by atoms with Gasteiger partial charge in [0.2, 0.25) is 0 Å². The second-order valence-corrected chi connectivity index (χ2v) is 5.73. The van der Waals surface area contributed by atoms with Crippen molar-refractivity contribution in [1.82, 2.24) is 4.90 Å². The number of nitrogens with one attached hydrogen (secondary N) is 1. The number of carbonyl (C=O) groups excluding carboxylic acids is 1. The Hall–Kier alpha value is -2.60. The Morgan fingerprint density at radius 2 is 1.68 bits per heavy atom. The van der Waals surface area contributed by atoms with Gasteiger partial charge in [-0.1, -0.05) is 23.7 Å². The SMILES string of the molecule is COc1ccc(CN(C)C(=O)Nc2cc(OC)c(Cl)cc2OC)cc1. The molecule has 0 radical (unpaired) electrons. The second kappa shape index (κ2) is 8.48. The van der Waals surface area contributed by atoms with Crippen LogP contribution in [0, 0.1) is 0 Å². The Bertz CT molecular complexity index is 735. The van der Waals surface area contributed by atoms with Crippen molar-refractivity contribution in [3.05, 3.63) is 47.0 Å². The van der Waals surface area contributed by atoms with Crippen LogP contribution in [0.4, 0.5) is 10.5 Å². The van der Waals surface area contributed by atoms with E-state index in [2.05, 4.69) is 5.32 Å². The minimum Gasteiger partial charge on any atom is -0.497 e. The summed E-state index contributed by atoms with van der Waals surface area (Å²) in [5.74, 6) is 1.68. The van der Waals surface area contributed by atoms with Crippen LogP contribution in [0.15, 0.2) is 36.4 Å². The van der Waals surface area contributed by atoms with E-state index in [0.29, 0.717) is 28.8 Å². The van der Waals surface area contributed by atoms with Gasteiger partial charge in [-0.15, -0.1) is 0 Å². The van der Waals surface area contributed by atoms with E-state index in [1.54, 1.807) is 31.2 Å². The van der Waals surface area contributed by atoms with Crippen LogP contribution in [0.25, 0.3) is 0 Å². The average Bonchev–Trinajstić information content (AvgIpc) is 2.63. The van der Waals surface area contributed by atoms with Gasteiger partial charge in [0.1, 0.15) is 17.2 Å². The molecule has 0 spiro atoms. The number of ether oxygens (including phenoxy) is 3. The molecule has 0 fully saturated rings. The summed E-state index contributed by atoms with van der Waals surface area (Å²) in [5.41, 5.74) is 1.47. The minimum absolute atomic E-state index is 0.279. The quantitative estimate of drug-likeness (QED) is 0.840. The molecule has 2 aromatic carbocycles. The highest BCUT2D eigenvalue weighted by Gasteiger charge is 2.15. The number of hydrogen-bond acceptors (Lipinski definition) is 4. The number of benzene rings is 2. The highest BCUT2D eigenvalue weighted by atomic mass is 35.5. The van der Waals surface area contributed by atoms with Crippen LogP contribution in [0.3, 0.4) is 0 Å². The third-order valence-electron chi connectivity index (χ3n) is 3.64. The number of halogens is 1. The van der Waals surface area contributed by atoms with Gasteiger partial charge in [-0.3, -0.25) is 0 Å². The number of amides is 2. The number of hydrogen-bond donors (Lipinski definition) is 1. The first-order valence-corrected chi connectivity index (χ1v) is 7.92. The maximum absolute atomic E-state index is 12.5. The van der Waals surface area contributed by atoms with Crippen molar-refractivity contribution in [1.29, 1.82) is 0 Å². The zero-order valence-electron chi connectivity index (χ0n) is 14.6. The molecule has 0 aliphatic carbocycles. The minimum atomic E-state index is -0.279. The Morgan fingerprint density at radius 3 is 2.24 bits per heavy atom. The Labute approximate surface area is 152 Å². The topological polar surface area (TPSA) is 60.0 Å². The van der Waals surface area contributed by atoms with Crippen LogP contribution in [0.1, 0.15) is 5.56 Å². The number of urea groups is 1. The molecule has 0 aliphatic heterocycles. The summed E-state index contributed by atoms with van der Waals surface area (Å²) in [7, 11) is 6.34. The summed E-state index contributed by atoms with van der Waals surface area (Å²) in [6.45, 7) is 0.447. The molecule has 0 atom stereocenters. The highest BCUT2D eigenvalue weighted by molar-refractivity contribution is 6.32. The molecule has 7 heteroatoms. The molecule has 1 N–H and O–H groups in total. The second-order valence-electron chi connectivity index (χ2n) is 5.32. The predicted octanol–water partition coefficient (Wildman–Crippen LogP) is 4.03. The smallest absolute Gasteiger partial charge is 0.321 e. The van der Waals surface area contributed by atoms with Gasteiger partial charge < -0.3 is 24.4 Å². The lowest BCUT2D eigenvalue weighted by Gasteiger charge is -2.20. The number of nitrogens with zero attached hydrogens (tertiary/aromatic N) is 1. The van der Waals surface area contributed by atoms with E-state index in [-0.39, 0.29) is 6.03 Å². The largest absolute Gasteiger partial charge is 0.497 e. The number of carbonyl (C=O) groups is 1. The molecule has 0 saturated carbocycles. The lowest BCUT2D eigenvalue weighted by molar-refractivity contribution is 0.220. The Balaban J connectivity index is 2.09. The normalized spacial score (nSPS) is 10.1. The number of anilines is 1. The van der Waals surface area contributed by atoms with Crippen LogP contribution in [0.2, 0.25) is 5.02 Å². The maximum atomic E-state index is 12.5. The zero-order chi connectivity index (χ0) is 18.4. The molecular formula is C18H21ClN2O4. The Morgan fingerprint density at radius 1 is 1.04 bits per heavy atom. The number of rotatable bonds is 6. The molecule has 2 aromatic rings. The van der Waals surface area contributed by atoms with Gasteiger partial charge >= 0.3 is 6.03 Å². The molecule has 25 heavy (non-hydrogen) atoms. The van der Waals surface area contributed by atoms with Crippen LogP contribution in [0.5, 0.6) is 17.2 Å². The summed E-state index contributed by atoms with van der Waals surface area (Å²) in [4.78, 5) is 14.0. The van der Waals surface area contributed by atoms with E-state index in [0.717, 1.165) is 11.3 Å². The summed E-state index contributed by atoms with van der Waals surface area (Å²) in [6, 6.07) is 10.5. The van der Waals surface area contributed by atoms with Crippen LogP contribution in [-0.2, 0) is 6.54 Å². The summed E-state index contributed by atoms with van der Waals surface area (Å²) in [5, 5.41) is 3.21.